The minimum Gasteiger partial charge on any atom is -0.356 e. The Balaban J connectivity index is 2.25. The van der Waals surface area contributed by atoms with Gasteiger partial charge in [-0.15, -0.1) is 0 Å². The van der Waals surface area contributed by atoms with Crippen molar-refractivity contribution in [1.29, 1.82) is 0 Å². The normalized spacial score (nSPS) is 10.5. The van der Waals surface area contributed by atoms with Crippen LogP contribution in [-0.4, -0.2) is 19.0 Å². The lowest BCUT2D eigenvalue weighted by molar-refractivity contribution is -0.120. The maximum Gasteiger partial charge on any atom is 0.224 e. The molecule has 0 spiro atoms. The number of benzene rings is 1. The van der Waals surface area contributed by atoms with Gasteiger partial charge in [-0.25, -0.2) is 0 Å². The molecule has 0 aromatic heterocycles. The van der Waals surface area contributed by atoms with Crippen molar-refractivity contribution in [3.63, 3.8) is 0 Å². The molecule has 0 aliphatic rings. The highest BCUT2D eigenvalue weighted by molar-refractivity contribution is 5.78. The molecule has 3 nitrogen and oxygen atoms in total. The first-order valence-electron chi connectivity index (χ1n) is 7.16. The zero-order valence-corrected chi connectivity index (χ0v) is 12.2. The topological polar surface area (TPSA) is 55.1 Å². The summed E-state index contributed by atoms with van der Waals surface area (Å²) in [6, 6.07) is 6.25. The van der Waals surface area contributed by atoms with Gasteiger partial charge in [-0.3, -0.25) is 4.79 Å². The second kappa shape index (κ2) is 8.70. The summed E-state index contributed by atoms with van der Waals surface area (Å²) >= 11 is 0. The SMILES string of the molecule is Cc1ccc(C)c(CC(=O)NCCCCCCN)c1. The summed E-state index contributed by atoms with van der Waals surface area (Å²) in [6.07, 6.45) is 4.90. The molecule has 3 N–H and O–H groups in total. The molecule has 19 heavy (non-hydrogen) atoms. The molecule has 0 aliphatic carbocycles. The second-order valence-electron chi connectivity index (χ2n) is 5.16. The van der Waals surface area contributed by atoms with Crippen molar-refractivity contribution >= 4 is 5.91 Å². The first-order chi connectivity index (χ1) is 9.13. The van der Waals surface area contributed by atoms with Crippen molar-refractivity contribution in [2.75, 3.05) is 13.1 Å². The van der Waals surface area contributed by atoms with Gasteiger partial charge < -0.3 is 11.1 Å². The number of unbranched alkanes of at least 4 members (excludes halogenated alkanes) is 3. The van der Waals surface area contributed by atoms with Gasteiger partial charge in [0.1, 0.15) is 0 Å². The largest absolute Gasteiger partial charge is 0.356 e. The van der Waals surface area contributed by atoms with E-state index in [2.05, 4.69) is 37.4 Å². The number of hydrogen-bond acceptors (Lipinski definition) is 2. The van der Waals surface area contributed by atoms with Crippen molar-refractivity contribution in [1.82, 2.24) is 5.32 Å². The number of amides is 1. The predicted octanol–water partition coefficient (Wildman–Crippen LogP) is 2.48. The Kier molecular flexibility index (Phi) is 7.19. The second-order valence-corrected chi connectivity index (χ2v) is 5.16. The lowest BCUT2D eigenvalue weighted by Gasteiger charge is -2.08. The number of aryl methyl sites for hydroxylation is 2. The minimum atomic E-state index is 0.118. The molecule has 1 aromatic carbocycles. The molecular weight excluding hydrogens is 236 g/mol. The molecule has 106 valence electrons. The Morgan fingerprint density at radius 3 is 2.63 bits per heavy atom. The molecule has 0 radical (unpaired) electrons. The molecule has 3 heteroatoms. The van der Waals surface area contributed by atoms with Crippen molar-refractivity contribution in [3.05, 3.63) is 34.9 Å². The van der Waals surface area contributed by atoms with Crippen LogP contribution in [-0.2, 0) is 11.2 Å². The maximum absolute atomic E-state index is 11.8. The highest BCUT2D eigenvalue weighted by Crippen LogP contribution is 2.11. The van der Waals surface area contributed by atoms with Gasteiger partial charge in [0.25, 0.3) is 0 Å². The first kappa shape index (κ1) is 15.7. The lowest BCUT2D eigenvalue weighted by atomic mass is 10.0. The summed E-state index contributed by atoms with van der Waals surface area (Å²) in [4.78, 5) is 11.8. The molecule has 0 fully saturated rings. The number of carbonyl (C=O) groups excluding carboxylic acids is 1. The zero-order chi connectivity index (χ0) is 14.1. The molecule has 0 aliphatic heterocycles. The van der Waals surface area contributed by atoms with Crippen molar-refractivity contribution in [2.45, 2.75) is 46.0 Å². The lowest BCUT2D eigenvalue weighted by Crippen LogP contribution is -2.26. The van der Waals surface area contributed by atoms with E-state index in [4.69, 9.17) is 5.73 Å². The summed E-state index contributed by atoms with van der Waals surface area (Å²) in [5, 5.41) is 2.98. The molecule has 0 heterocycles. The van der Waals surface area contributed by atoms with Crippen LogP contribution in [0.5, 0.6) is 0 Å². The van der Waals surface area contributed by atoms with Gasteiger partial charge >= 0.3 is 0 Å². The molecule has 0 saturated heterocycles. The molecule has 0 saturated carbocycles. The van der Waals surface area contributed by atoms with E-state index >= 15 is 0 Å². The van der Waals surface area contributed by atoms with E-state index in [-0.39, 0.29) is 5.91 Å². The Morgan fingerprint density at radius 2 is 1.89 bits per heavy atom. The van der Waals surface area contributed by atoms with Crippen molar-refractivity contribution < 1.29 is 4.79 Å². The van der Waals surface area contributed by atoms with E-state index in [0.717, 1.165) is 44.3 Å². The summed E-state index contributed by atoms with van der Waals surface area (Å²) in [6.45, 7) is 5.64. The highest BCUT2D eigenvalue weighted by atomic mass is 16.1. The van der Waals surface area contributed by atoms with E-state index in [9.17, 15) is 4.79 Å². The predicted molar refractivity (Wildman–Crippen MR) is 80.2 cm³/mol. The first-order valence-corrected chi connectivity index (χ1v) is 7.16. The molecular formula is C16H26N2O. The highest BCUT2D eigenvalue weighted by Gasteiger charge is 2.05. The number of nitrogens with two attached hydrogens (primary N) is 1. The van der Waals surface area contributed by atoms with E-state index in [1.54, 1.807) is 0 Å². The number of carbonyl (C=O) groups is 1. The number of hydrogen-bond donors (Lipinski definition) is 2. The average molecular weight is 262 g/mol. The van der Waals surface area contributed by atoms with E-state index < -0.39 is 0 Å². The summed E-state index contributed by atoms with van der Waals surface area (Å²) in [7, 11) is 0. The smallest absolute Gasteiger partial charge is 0.224 e. The van der Waals surface area contributed by atoms with E-state index in [1.807, 2.05) is 0 Å². The Labute approximate surface area is 116 Å². The van der Waals surface area contributed by atoms with Crippen LogP contribution in [0.1, 0.15) is 42.4 Å². The molecule has 1 aromatic rings. The van der Waals surface area contributed by atoms with Gasteiger partial charge in [-0.05, 0) is 44.4 Å². The standard InChI is InChI=1S/C16H26N2O/c1-13-7-8-14(2)15(11-13)12-16(19)18-10-6-4-3-5-9-17/h7-8,11H,3-6,9-10,12,17H2,1-2H3,(H,18,19). The van der Waals surface area contributed by atoms with Crippen LogP contribution >= 0.6 is 0 Å². The van der Waals surface area contributed by atoms with Crippen LogP contribution in [0.25, 0.3) is 0 Å². The third-order valence-corrected chi connectivity index (χ3v) is 3.31. The van der Waals surface area contributed by atoms with E-state index in [1.165, 1.54) is 11.1 Å². The molecule has 1 rings (SSSR count). The average Bonchev–Trinajstić information content (AvgIpc) is 2.38. The van der Waals surface area contributed by atoms with Gasteiger partial charge in [0, 0.05) is 6.54 Å². The molecule has 0 bridgehead atoms. The third-order valence-electron chi connectivity index (χ3n) is 3.31. The minimum absolute atomic E-state index is 0.118. The van der Waals surface area contributed by atoms with Gasteiger partial charge in [0.05, 0.1) is 6.42 Å². The van der Waals surface area contributed by atoms with Gasteiger partial charge in [0.15, 0.2) is 0 Å². The number of nitrogens with one attached hydrogen (secondary N) is 1. The third kappa shape index (κ3) is 6.39. The van der Waals surface area contributed by atoms with Gasteiger partial charge in [0.2, 0.25) is 5.91 Å². The van der Waals surface area contributed by atoms with Crippen LogP contribution in [0.2, 0.25) is 0 Å². The molecule has 1 amide bonds. The van der Waals surface area contributed by atoms with Crippen LogP contribution in [0.4, 0.5) is 0 Å². The fourth-order valence-corrected chi connectivity index (χ4v) is 2.08. The molecule has 0 unspecified atom stereocenters. The summed E-state index contributed by atoms with van der Waals surface area (Å²) in [5.41, 5.74) is 8.95. The summed E-state index contributed by atoms with van der Waals surface area (Å²) < 4.78 is 0. The fourth-order valence-electron chi connectivity index (χ4n) is 2.08. The fraction of sp³-hybridized carbons (Fsp3) is 0.562. The van der Waals surface area contributed by atoms with Gasteiger partial charge in [-0.1, -0.05) is 36.6 Å². The monoisotopic (exact) mass is 262 g/mol. The Bertz CT molecular complexity index is 402. The van der Waals surface area contributed by atoms with Crippen LogP contribution in [0, 0.1) is 13.8 Å². The number of rotatable bonds is 8. The summed E-state index contributed by atoms with van der Waals surface area (Å²) in [5.74, 6) is 0.118. The van der Waals surface area contributed by atoms with Gasteiger partial charge in [-0.2, -0.15) is 0 Å². The quantitative estimate of drug-likeness (QED) is 0.707. The zero-order valence-electron chi connectivity index (χ0n) is 12.2. The Hall–Kier alpha value is -1.35. The van der Waals surface area contributed by atoms with Crippen LogP contribution in [0.3, 0.4) is 0 Å². The maximum atomic E-state index is 11.8. The van der Waals surface area contributed by atoms with Crippen molar-refractivity contribution in [2.24, 2.45) is 5.73 Å². The molecule has 0 atom stereocenters. The van der Waals surface area contributed by atoms with Crippen LogP contribution < -0.4 is 11.1 Å². The Morgan fingerprint density at radius 1 is 1.16 bits per heavy atom. The van der Waals surface area contributed by atoms with Crippen molar-refractivity contribution in [3.8, 4) is 0 Å². The van der Waals surface area contributed by atoms with E-state index in [0.29, 0.717) is 6.42 Å². The van der Waals surface area contributed by atoms with Crippen LogP contribution in [0.15, 0.2) is 18.2 Å².